The van der Waals surface area contributed by atoms with E-state index in [1.807, 2.05) is 0 Å². The van der Waals surface area contributed by atoms with Crippen molar-refractivity contribution in [3.05, 3.63) is 47.5 Å². The van der Waals surface area contributed by atoms with Crippen LogP contribution in [0.5, 0.6) is 0 Å². The lowest BCUT2D eigenvalue weighted by Gasteiger charge is -2.24. The molecule has 0 spiro atoms. The Kier molecular flexibility index (Phi) is 2.93. The van der Waals surface area contributed by atoms with Crippen LogP contribution in [0, 0.1) is 5.82 Å². The molecule has 1 unspecified atom stereocenters. The van der Waals surface area contributed by atoms with E-state index in [9.17, 15) is 4.39 Å². The molecule has 2 N–H and O–H groups in total. The minimum Gasteiger partial charge on any atom is -0.321 e. The molecule has 90 valence electrons. The van der Waals surface area contributed by atoms with Crippen molar-refractivity contribution in [2.75, 3.05) is 0 Å². The van der Waals surface area contributed by atoms with E-state index < -0.39 is 5.54 Å². The van der Waals surface area contributed by atoms with Crippen LogP contribution in [0.2, 0.25) is 0 Å². The molecule has 2 rings (SSSR count). The highest BCUT2D eigenvalue weighted by Crippen LogP contribution is 2.24. The molecule has 0 aliphatic heterocycles. The molecule has 1 heterocycles. The molecule has 0 fully saturated rings. The van der Waals surface area contributed by atoms with Crippen LogP contribution in [-0.4, -0.2) is 15.0 Å². The van der Waals surface area contributed by atoms with Crippen molar-refractivity contribution < 1.29 is 4.39 Å². The Balaban J connectivity index is 2.27. The Labute approximate surface area is 99.2 Å². The van der Waals surface area contributed by atoms with Crippen LogP contribution >= 0.6 is 0 Å². The molecule has 0 amide bonds. The molecule has 17 heavy (non-hydrogen) atoms. The van der Waals surface area contributed by atoms with E-state index in [-0.39, 0.29) is 5.82 Å². The van der Waals surface area contributed by atoms with Gasteiger partial charge in [-0.05, 0) is 13.0 Å². The number of aryl methyl sites for hydroxylation is 1. The van der Waals surface area contributed by atoms with Gasteiger partial charge in [0.15, 0.2) is 0 Å². The van der Waals surface area contributed by atoms with E-state index in [1.165, 1.54) is 6.07 Å². The van der Waals surface area contributed by atoms with Crippen molar-refractivity contribution in [2.45, 2.75) is 18.9 Å². The fourth-order valence-corrected chi connectivity index (χ4v) is 1.87. The minimum absolute atomic E-state index is 0.290. The average molecular weight is 234 g/mol. The number of benzene rings is 1. The molecule has 0 saturated heterocycles. The van der Waals surface area contributed by atoms with Crippen molar-refractivity contribution in [2.24, 2.45) is 12.8 Å². The monoisotopic (exact) mass is 234 g/mol. The second kappa shape index (κ2) is 4.25. The summed E-state index contributed by atoms with van der Waals surface area (Å²) in [6, 6.07) is 6.54. The SMILES string of the molecule is Cn1cc(CC(C)(N)c2ccccc2F)nn1. The predicted octanol–water partition coefficient (Wildman–Crippen LogP) is 1.37. The summed E-state index contributed by atoms with van der Waals surface area (Å²) in [5.74, 6) is -0.290. The van der Waals surface area contributed by atoms with Crippen LogP contribution in [0.15, 0.2) is 30.5 Å². The minimum atomic E-state index is -0.790. The van der Waals surface area contributed by atoms with Crippen molar-refractivity contribution in [1.82, 2.24) is 15.0 Å². The van der Waals surface area contributed by atoms with Crippen LogP contribution in [0.25, 0.3) is 0 Å². The molecular weight excluding hydrogens is 219 g/mol. The van der Waals surface area contributed by atoms with Crippen molar-refractivity contribution in [3.8, 4) is 0 Å². The summed E-state index contributed by atoms with van der Waals surface area (Å²) in [7, 11) is 1.79. The molecule has 5 heteroatoms. The highest BCUT2D eigenvalue weighted by atomic mass is 19.1. The van der Waals surface area contributed by atoms with E-state index >= 15 is 0 Å². The summed E-state index contributed by atoms with van der Waals surface area (Å²) in [5.41, 5.74) is 6.61. The zero-order valence-electron chi connectivity index (χ0n) is 9.89. The van der Waals surface area contributed by atoms with Crippen LogP contribution in [0.4, 0.5) is 4.39 Å². The fraction of sp³-hybridized carbons (Fsp3) is 0.333. The van der Waals surface area contributed by atoms with Crippen LogP contribution < -0.4 is 5.73 Å². The third-order valence-corrected chi connectivity index (χ3v) is 2.69. The van der Waals surface area contributed by atoms with Gasteiger partial charge in [0.25, 0.3) is 0 Å². The predicted molar refractivity (Wildman–Crippen MR) is 62.6 cm³/mol. The first-order valence-electron chi connectivity index (χ1n) is 5.38. The highest BCUT2D eigenvalue weighted by Gasteiger charge is 2.26. The molecular formula is C12H15FN4. The topological polar surface area (TPSA) is 56.7 Å². The maximum Gasteiger partial charge on any atom is 0.128 e. The second-order valence-electron chi connectivity index (χ2n) is 4.46. The second-order valence-corrected chi connectivity index (χ2v) is 4.46. The van der Waals surface area contributed by atoms with E-state index in [0.717, 1.165) is 5.69 Å². The van der Waals surface area contributed by atoms with E-state index in [0.29, 0.717) is 12.0 Å². The summed E-state index contributed by atoms with van der Waals surface area (Å²) < 4.78 is 15.3. The first-order chi connectivity index (χ1) is 7.99. The maximum atomic E-state index is 13.7. The van der Waals surface area contributed by atoms with Crippen LogP contribution in [-0.2, 0) is 19.0 Å². The number of nitrogens with zero attached hydrogens (tertiary/aromatic N) is 3. The van der Waals surface area contributed by atoms with Gasteiger partial charge in [0.1, 0.15) is 5.82 Å². The molecule has 1 aromatic carbocycles. The smallest absolute Gasteiger partial charge is 0.128 e. The van der Waals surface area contributed by atoms with Gasteiger partial charge >= 0.3 is 0 Å². The van der Waals surface area contributed by atoms with Crippen LogP contribution in [0.3, 0.4) is 0 Å². The third-order valence-electron chi connectivity index (χ3n) is 2.69. The number of hydrogen-bond donors (Lipinski definition) is 1. The van der Waals surface area contributed by atoms with Gasteiger partial charge < -0.3 is 5.73 Å². The highest BCUT2D eigenvalue weighted by molar-refractivity contribution is 5.26. The molecule has 0 aliphatic rings. The Bertz CT molecular complexity index is 519. The molecule has 0 radical (unpaired) electrons. The van der Waals surface area contributed by atoms with Gasteiger partial charge in [-0.2, -0.15) is 0 Å². The average Bonchev–Trinajstić information content (AvgIpc) is 2.63. The van der Waals surface area contributed by atoms with Gasteiger partial charge in [-0.25, -0.2) is 4.39 Å². The summed E-state index contributed by atoms with van der Waals surface area (Å²) >= 11 is 0. The Morgan fingerprint density at radius 1 is 1.41 bits per heavy atom. The van der Waals surface area contributed by atoms with E-state index in [1.54, 1.807) is 43.0 Å². The lowest BCUT2D eigenvalue weighted by molar-refractivity contribution is 0.452. The van der Waals surface area contributed by atoms with Crippen molar-refractivity contribution in [3.63, 3.8) is 0 Å². The van der Waals surface area contributed by atoms with E-state index in [2.05, 4.69) is 10.3 Å². The number of halogens is 1. The van der Waals surface area contributed by atoms with Crippen LogP contribution in [0.1, 0.15) is 18.2 Å². The fourth-order valence-electron chi connectivity index (χ4n) is 1.87. The molecule has 1 aromatic heterocycles. The zero-order chi connectivity index (χ0) is 12.5. The first-order valence-corrected chi connectivity index (χ1v) is 5.38. The number of aromatic nitrogens is 3. The number of rotatable bonds is 3. The third kappa shape index (κ3) is 2.50. The molecule has 2 aromatic rings. The van der Waals surface area contributed by atoms with Crippen molar-refractivity contribution >= 4 is 0 Å². The molecule has 0 bridgehead atoms. The number of nitrogens with two attached hydrogens (primary N) is 1. The van der Waals surface area contributed by atoms with Gasteiger partial charge in [-0.15, -0.1) is 5.10 Å². The molecule has 1 atom stereocenters. The number of hydrogen-bond acceptors (Lipinski definition) is 3. The standard InChI is InChI=1S/C12H15FN4/c1-12(14,7-9-8-17(2)16-15-9)10-5-3-4-6-11(10)13/h3-6,8H,7,14H2,1-2H3. The zero-order valence-corrected chi connectivity index (χ0v) is 9.89. The van der Waals surface area contributed by atoms with Gasteiger partial charge in [0.2, 0.25) is 0 Å². The van der Waals surface area contributed by atoms with Gasteiger partial charge in [0.05, 0.1) is 5.69 Å². The summed E-state index contributed by atoms with van der Waals surface area (Å²) in [4.78, 5) is 0. The van der Waals surface area contributed by atoms with Gasteiger partial charge in [-0.1, -0.05) is 23.4 Å². The summed E-state index contributed by atoms with van der Waals surface area (Å²) in [6.45, 7) is 1.79. The largest absolute Gasteiger partial charge is 0.321 e. The van der Waals surface area contributed by atoms with E-state index in [4.69, 9.17) is 5.73 Å². The summed E-state index contributed by atoms with van der Waals surface area (Å²) in [5, 5.41) is 7.80. The Morgan fingerprint density at radius 2 is 2.12 bits per heavy atom. The Morgan fingerprint density at radius 3 is 2.71 bits per heavy atom. The Hall–Kier alpha value is -1.75. The van der Waals surface area contributed by atoms with Gasteiger partial charge in [0, 0.05) is 30.8 Å². The van der Waals surface area contributed by atoms with Gasteiger partial charge in [-0.3, -0.25) is 4.68 Å². The molecule has 4 nitrogen and oxygen atoms in total. The molecule has 0 saturated carbocycles. The normalized spacial score (nSPS) is 14.6. The summed E-state index contributed by atoms with van der Waals surface area (Å²) in [6.07, 6.45) is 2.23. The maximum absolute atomic E-state index is 13.7. The first kappa shape index (κ1) is 11.7. The lowest BCUT2D eigenvalue weighted by atomic mass is 9.88. The quantitative estimate of drug-likeness (QED) is 0.872. The molecule has 0 aliphatic carbocycles. The lowest BCUT2D eigenvalue weighted by Crippen LogP contribution is -2.36. The van der Waals surface area contributed by atoms with Crippen molar-refractivity contribution in [1.29, 1.82) is 0 Å².